The Balaban J connectivity index is 2.22. The molecule has 4 nitrogen and oxygen atoms in total. The van der Waals surface area contributed by atoms with E-state index in [1.54, 1.807) is 24.3 Å². The molecule has 2 N–H and O–H groups in total. The zero-order valence-electron chi connectivity index (χ0n) is 13.2. The number of hydrogen-bond acceptors (Lipinski definition) is 3. The fraction of sp³-hybridized carbons (Fsp3) is 0.316. The molecule has 0 heterocycles. The topological polar surface area (TPSA) is 66.8 Å². The molecular weight excluding hydrogens is 292 g/mol. The molecule has 2 rings (SSSR count). The van der Waals surface area contributed by atoms with Gasteiger partial charge in [-0.05, 0) is 30.2 Å². The molecule has 0 aromatic heterocycles. The highest BCUT2D eigenvalue weighted by Crippen LogP contribution is 2.34. The number of carbonyl (C=O) groups is 1. The second-order valence-corrected chi connectivity index (χ2v) is 5.48. The maximum Gasteiger partial charge on any atom is 0.304 e. The fourth-order valence-corrected chi connectivity index (χ4v) is 2.49. The van der Waals surface area contributed by atoms with Gasteiger partial charge in [0.05, 0.1) is 13.0 Å². The Morgan fingerprint density at radius 3 is 2.43 bits per heavy atom. The van der Waals surface area contributed by atoms with Crippen LogP contribution >= 0.6 is 0 Å². The third-order valence-corrected chi connectivity index (χ3v) is 3.74. The van der Waals surface area contributed by atoms with E-state index in [1.165, 1.54) is 0 Å². The molecule has 0 aliphatic carbocycles. The van der Waals surface area contributed by atoms with Gasteiger partial charge < -0.3 is 14.9 Å². The average molecular weight is 314 g/mol. The Morgan fingerprint density at radius 1 is 1.13 bits per heavy atom. The normalized spacial score (nSPS) is 11.9. The van der Waals surface area contributed by atoms with Crippen molar-refractivity contribution in [3.05, 3.63) is 59.7 Å². The summed E-state index contributed by atoms with van der Waals surface area (Å²) in [6.07, 6.45) is 2.00. The molecule has 0 aliphatic heterocycles. The maximum absolute atomic E-state index is 11.2. The number of unbranched alkanes of at least 4 members (excludes halogenated alkanes) is 1. The monoisotopic (exact) mass is 314 g/mol. The minimum atomic E-state index is -0.901. The molecule has 0 saturated carbocycles. The summed E-state index contributed by atoms with van der Waals surface area (Å²) in [5.41, 5.74) is 1.46. The van der Waals surface area contributed by atoms with Gasteiger partial charge in [-0.2, -0.15) is 0 Å². The molecule has 4 heteroatoms. The van der Waals surface area contributed by atoms with E-state index in [1.807, 2.05) is 24.3 Å². The fourth-order valence-electron chi connectivity index (χ4n) is 2.49. The van der Waals surface area contributed by atoms with Crippen LogP contribution in [0, 0.1) is 0 Å². The Hall–Kier alpha value is -2.49. The third-order valence-electron chi connectivity index (χ3n) is 3.74. The highest BCUT2D eigenvalue weighted by atomic mass is 16.5. The predicted octanol–water partition coefficient (Wildman–Crippen LogP) is 4.18. The highest BCUT2D eigenvalue weighted by molar-refractivity contribution is 5.69. The van der Waals surface area contributed by atoms with Crippen molar-refractivity contribution in [1.82, 2.24) is 0 Å². The van der Waals surface area contributed by atoms with E-state index >= 15 is 0 Å². The van der Waals surface area contributed by atoms with Gasteiger partial charge in [0.15, 0.2) is 0 Å². The van der Waals surface area contributed by atoms with Crippen molar-refractivity contribution < 1.29 is 19.7 Å². The summed E-state index contributed by atoms with van der Waals surface area (Å²) < 4.78 is 5.63. The minimum absolute atomic E-state index is 0.0758. The Labute approximate surface area is 136 Å². The van der Waals surface area contributed by atoms with E-state index in [2.05, 4.69) is 6.92 Å². The number of benzene rings is 2. The van der Waals surface area contributed by atoms with Gasteiger partial charge in [0, 0.05) is 11.5 Å². The highest BCUT2D eigenvalue weighted by Gasteiger charge is 2.20. The van der Waals surface area contributed by atoms with E-state index in [0.29, 0.717) is 12.2 Å². The molecule has 0 aliphatic rings. The molecule has 0 amide bonds. The lowest BCUT2D eigenvalue weighted by Gasteiger charge is -2.17. The van der Waals surface area contributed by atoms with Crippen molar-refractivity contribution in [2.24, 2.45) is 0 Å². The van der Waals surface area contributed by atoms with Crippen molar-refractivity contribution >= 4 is 5.97 Å². The molecule has 0 fully saturated rings. The molecule has 2 aromatic rings. The molecule has 0 bridgehead atoms. The van der Waals surface area contributed by atoms with Crippen molar-refractivity contribution in [3.63, 3.8) is 0 Å². The lowest BCUT2D eigenvalue weighted by molar-refractivity contribution is -0.137. The summed E-state index contributed by atoms with van der Waals surface area (Å²) in [6.45, 7) is 2.78. The summed E-state index contributed by atoms with van der Waals surface area (Å²) in [5, 5.41) is 19.2. The second-order valence-electron chi connectivity index (χ2n) is 5.48. The van der Waals surface area contributed by atoms with Gasteiger partial charge in [0.25, 0.3) is 0 Å². The predicted molar refractivity (Wildman–Crippen MR) is 89.0 cm³/mol. The minimum Gasteiger partial charge on any atom is -0.508 e. The van der Waals surface area contributed by atoms with E-state index in [9.17, 15) is 15.0 Å². The van der Waals surface area contributed by atoms with Gasteiger partial charge >= 0.3 is 5.97 Å². The zero-order valence-corrected chi connectivity index (χ0v) is 13.2. The summed E-state index contributed by atoms with van der Waals surface area (Å²) in [6, 6.07) is 14.3. The molecule has 1 atom stereocenters. The van der Waals surface area contributed by atoms with Gasteiger partial charge in [-0.15, -0.1) is 0 Å². The van der Waals surface area contributed by atoms with Crippen LogP contribution in [0.5, 0.6) is 11.5 Å². The first-order valence-corrected chi connectivity index (χ1v) is 7.84. The van der Waals surface area contributed by atoms with Crippen LogP contribution in [-0.2, 0) is 4.79 Å². The van der Waals surface area contributed by atoms with Crippen LogP contribution in [0.1, 0.15) is 43.2 Å². The second kappa shape index (κ2) is 8.22. The Kier molecular flexibility index (Phi) is 6.03. The third kappa shape index (κ3) is 4.74. The number of para-hydroxylation sites is 1. The van der Waals surface area contributed by atoms with Crippen LogP contribution < -0.4 is 4.74 Å². The molecule has 0 radical (unpaired) electrons. The van der Waals surface area contributed by atoms with Gasteiger partial charge in [0.2, 0.25) is 0 Å². The maximum atomic E-state index is 11.2. The van der Waals surface area contributed by atoms with Gasteiger partial charge in [-0.1, -0.05) is 43.7 Å². The van der Waals surface area contributed by atoms with E-state index in [-0.39, 0.29) is 12.2 Å². The van der Waals surface area contributed by atoms with Crippen LogP contribution in [0.3, 0.4) is 0 Å². The summed E-state index contributed by atoms with van der Waals surface area (Å²) in [5.74, 6) is -0.407. The standard InChI is InChI=1S/C19H22O4/c1-2-3-12-23-15-10-8-14(9-11-15)17(13-19(21)22)16-6-4-5-7-18(16)20/h4-11,17,20H,2-3,12-13H2,1H3,(H,21,22)/t17-/m0/s1. The smallest absolute Gasteiger partial charge is 0.304 e. The van der Waals surface area contributed by atoms with Crippen molar-refractivity contribution in [3.8, 4) is 11.5 Å². The molecule has 122 valence electrons. The molecule has 2 aromatic carbocycles. The zero-order chi connectivity index (χ0) is 16.7. The lowest BCUT2D eigenvalue weighted by atomic mass is 9.88. The Bertz CT molecular complexity index is 634. The molecule has 0 saturated heterocycles. The average Bonchev–Trinajstić information content (AvgIpc) is 2.54. The van der Waals surface area contributed by atoms with Crippen molar-refractivity contribution in [2.75, 3.05) is 6.61 Å². The van der Waals surface area contributed by atoms with Crippen molar-refractivity contribution in [1.29, 1.82) is 0 Å². The SMILES string of the molecule is CCCCOc1ccc([C@H](CC(=O)O)c2ccccc2O)cc1. The number of aliphatic carboxylic acids is 1. The summed E-state index contributed by atoms with van der Waals surface area (Å²) >= 11 is 0. The van der Waals surface area contributed by atoms with Gasteiger partial charge in [0.1, 0.15) is 11.5 Å². The number of carboxylic acids is 1. The van der Waals surface area contributed by atoms with Crippen LogP contribution in [0.25, 0.3) is 0 Å². The van der Waals surface area contributed by atoms with E-state index in [4.69, 9.17) is 4.74 Å². The Morgan fingerprint density at radius 2 is 1.83 bits per heavy atom. The van der Waals surface area contributed by atoms with Crippen LogP contribution in [0.2, 0.25) is 0 Å². The number of phenolic OH excluding ortho intramolecular Hbond substituents is 1. The first-order valence-electron chi connectivity index (χ1n) is 7.84. The van der Waals surface area contributed by atoms with Crippen molar-refractivity contribution in [2.45, 2.75) is 32.1 Å². The van der Waals surface area contributed by atoms with E-state index in [0.717, 1.165) is 24.2 Å². The molecule has 0 spiro atoms. The summed E-state index contributed by atoms with van der Waals surface area (Å²) in [4.78, 5) is 11.2. The molecule has 0 unspecified atom stereocenters. The number of aromatic hydroxyl groups is 1. The summed E-state index contributed by atoms with van der Waals surface area (Å²) in [7, 11) is 0. The van der Waals surface area contributed by atoms with Crippen LogP contribution in [0.4, 0.5) is 0 Å². The van der Waals surface area contributed by atoms with Crippen LogP contribution in [-0.4, -0.2) is 22.8 Å². The number of ether oxygens (including phenoxy) is 1. The number of phenols is 1. The number of carboxylic acid groups (broad SMARTS) is 1. The lowest BCUT2D eigenvalue weighted by Crippen LogP contribution is -2.08. The van der Waals surface area contributed by atoms with Gasteiger partial charge in [-0.25, -0.2) is 0 Å². The van der Waals surface area contributed by atoms with E-state index < -0.39 is 11.9 Å². The molecule has 23 heavy (non-hydrogen) atoms. The number of rotatable bonds is 8. The van der Waals surface area contributed by atoms with Gasteiger partial charge in [-0.3, -0.25) is 4.79 Å². The first kappa shape index (κ1) is 16.9. The first-order chi connectivity index (χ1) is 11.1. The largest absolute Gasteiger partial charge is 0.508 e. The number of hydrogen-bond donors (Lipinski definition) is 2. The molecular formula is C19H22O4. The van der Waals surface area contributed by atoms with Crippen LogP contribution in [0.15, 0.2) is 48.5 Å². The quantitative estimate of drug-likeness (QED) is 0.717.